The van der Waals surface area contributed by atoms with Gasteiger partial charge in [-0.1, -0.05) is 13.8 Å². The van der Waals surface area contributed by atoms with Gasteiger partial charge in [-0.2, -0.15) is 5.10 Å². The Morgan fingerprint density at radius 3 is 2.67 bits per heavy atom. The lowest BCUT2D eigenvalue weighted by atomic mass is 10.2. The predicted molar refractivity (Wildman–Crippen MR) is 61.7 cm³/mol. The average molecular weight is 209 g/mol. The molecule has 0 aromatic carbocycles. The number of quaternary nitrogens is 1. The molecule has 0 spiro atoms. The van der Waals surface area contributed by atoms with Crippen molar-refractivity contribution in [1.29, 1.82) is 0 Å². The molecule has 0 saturated heterocycles. The van der Waals surface area contributed by atoms with Gasteiger partial charge < -0.3 is 0 Å². The number of hydrogen-bond donors (Lipinski definition) is 0. The van der Waals surface area contributed by atoms with E-state index in [1.165, 1.54) is 0 Å². The van der Waals surface area contributed by atoms with Gasteiger partial charge in [-0.3, -0.25) is 4.48 Å². The molecule has 4 heteroatoms. The Morgan fingerprint density at radius 2 is 2.07 bits per heavy atom. The van der Waals surface area contributed by atoms with Crippen LogP contribution < -0.4 is 0 Å². The molecule has 4 nitrogen and oxygen atoms in total. The van der Waals surface area contributed by atoms with E-state index < -0.39 is 0 Å². The molecule has 15 heavy (non-hydrogen) atoms. The van der Waals surface area contributed by atoms with Gasteiger partial charge in [0.05, 0.1) is 19.3 Å². The second kappa shape index (κ2) is 4.57. The van der Waals surface area contributed by atoms with Gasteiger partial charge in [-0.15, -0.1) is 0 Å². The van der Waals surface area contributed by atoms with E-state index in [4.69, 9.17) is 0 Å². The molecule has 0 amide bonds. The Hall–Kier alpha value is -1.16. The minimum Gasteiger partial charge on any atom is -0.290 e. The summed E-state index contributed by atoms with van der Waals surface area (Å²) in [5.74, 6) is 1.04. The molecule has 0 radical (unpaired) electrons. The summed E-state index contributed by atoms with van der Waals surface area (Å²) in [6.07, 6.45) is 5.77. The molecule has 0 bridgehead atoms. The molecule has 2 rings (SSSR count). The Kier molecular flexibility index (Phi) is 3.63. The van der Waals surface area contributed by atoms with Crippen LogP contribution in [0.3, 0.4) is 0 Å². The van der Waals surface area contributed by atoms with Crippen molar-refractivity contribution in [1.82, 2.24) is 14.8 Å². The first-order chi connectivity index (χ1) is 7.12. The van der Waals surface area contributed by atoms with Crippen LogP contribution in [0, 0.1) is 0 Å². The monoisotopic (exact) mass is 209 g/mol. The fourth-order valence-electron chi connectivity index (χ4n) is 1.44. The van der Waals surface area contributed by atoms with Crippen LogP contribution in [0.15, 0.2) is 12.5 Å². The lowest BCUT2D eigenvalue weighted by Gasteiger charge is -2.35. The standard InChI is InChI=1S/C9H15N4.C2H6/c1-8(2)13(3)5-4-12-9(6-13)10-7-11-12;1-2/h4-5,7-8H,6H2,1-3H3;1-2H3/q+1;. The van der Waals surface area contributed by atoms with Crippen molar-refractivity contribution in [2.75, 3.05) is 7.05 Å². The Morgan fingerprint density at radius 1 is 1.40 bits per heavy atom. The van der Waals surface area contributed by atoms with Crippen LogP contribution in [0.5, 0.6) is 0 Å². The maximum atomic E-state index is 4.22. The lowest BCUT2D eigenvalue weighted by molar-refractivity contribution is -0.895. The molecule has 1 aliphatic rings. The molecule has 1 aromatic rings. The minimum atomic E-state index is 0.571. The molecular formula is C11H21N4+. The van der Waals surface area contributed by atoms with E-state index >= 15 is 0 Å². The van der Waals surface area contributed by atoms with Crippen molar-refractivity contribution in [3.05, 3.63) is 18.4 Å². The van der Waals surface area contributed by atoms with Crippen LogP contribution in [0.4, 0.5) is 0 Å². The van der Waals surface area contributed by atoms with Gasteiger partial charge in [0.25, 0.3) is 0 Å². The van der Waals surface area contributed by atoms with E-state index in [9.17, 15) is 0 Å². The molecule has 0 fully saturated rings. The third-order valence-electron chi connectivity index (χ3n) is 2.86. The van der Waals surface area contributed by atoms with Gasteiger partial charge in [-0.25, -0.2) is 9.67 Å². The molecule has 1 atom stereocenters. The maximum Gasteiger partial charge on any atom is 0.187 e. The van der Waals surface area contributed by atoms with Crippen molar-refractivity contribution < 1.29 is 4.48 Å². The smallest absolute Gasteiger partial charge is 0.187 e. The molecule has 84 valence electrons. The fraction of sp³-hybridized carbons (Fsp3) is 0.636. The van der Waals surface area contributed by atoms with Crippen LogP contribution in [0.25, 0.3) is 6.20 Å². The Balaban J connectivity index is 0.000000531. The van der Waals surface area contributed by atoms with Crippen LogP contribution >= 0.6 is 0 Å². The van der Waals surface area contributed by atoms with E-state index in [2.05, 4.69) is 37.2 Å². The largest absolute Gasteiger partial charge is 0.290 e. The van der Waals surface area contributed by atoms with Gasteiger partial charge >= 0.3 is 0 Å². The summed E-state index contributed by atoms with van der Waals surface area (Å²) in [5, 5.41) is 4.09. The summed E-state index contributed by atoms with van der Waals surface area (Å²) in [4.78, 5) is 4.22. The molecular weight excluding hydrogens is 188 g/mol. The zero-order valence-electron chi connectivity index (χ0n) is 10.3. The number of aromatic nitrogens is 3. The third kappa shape index (κ3) is 2.26. The highest BCUT2D eigenvalue weighted by Crippen LogP contribution is 2.20. The fourth-order valence-corrected chi connectivity index (χ4v) is 1.44. The highest BCUT2D eigenvalue weighted by atomic mass is 15.4. The van der Waals surface area contributed by atoms with E-state index in [0.717, 1.165) is 16.9 Å². The second-order valence-electron chi connectivity index (χ2n) is 4.02. The SMILES string of the molecule is CC.CC(C)[N+]1(C)C=Cn2ncnc2C1. The van der Waals surface area contributed by atoms with Crippen LogP contribution in [0.1, 0.15) is 33.5 Å². The lowest BCUT2D eigenvalue weighted by Crippen LogP contribution is -2.46. The summed E-state index contributed by atoms with van der Waals surface area (Å²) in [5.41, 5.74) is 0. The number of hydrogen-bond acceptors (Lipinski definition) is 2. The van der Waals surface area contributed by atoms with Crippen LogP contribution in [-0.2, 0) is 6.54 Å². The zero-order chi connectivity index (χ0) is 11.5. The van der Waals surface area contributed by atoms with E-state index in [1.807, 2.05) is 24.7 Å². The van der Waals surface area contributed by atoms with Gasteiger partial charge in [0, 0.05) is 0 Å². The first kappa shape index (κ1) is 11.9. The Bertz CT molecular complexity index is 340. The highest BCUT2D eigenvalue weighted by molar-refractivity contribution is 5.20. The summed E-state index contributed by atoms with van der Waals surface area (Å²) in [6, 6.07) is 0.571. The van der Waals surface area contributed by atoms with Crippen molar-refractivity contribution in [2.45, 2.75) is 40.3 Å². The number of rotatable bonds is 1. The van der Waals surface area contributed by atoms with E-state index in [1.54, 1.807) is 6.33 Å². The molecule has 0 saturated carbocycles. The van der Waals surface area contributed by atoms with Crippen molar-refractivity contribution in [3.8, 4) is 0 Å². The minimum absolute atomic E-state index is 0.571. The zero-order valence-corrected chi connectivity index (χ0v) is 10.3. The molecule has 1 unspecified atom stereocenters. The normalized spacial score (nSPS) is 23.3. The first-order valence-corrected chi connectivity index (χ1v) is 5.54. The van der Waals surface area contributed by atoms with Gasteiger partial charge in [-0.05, 0) is 13.8 Å². The van der Waals surface area contributed by atoms with Gasteiger partial charge in [0.15, 0.2) is 5.82 Å². The second-order valence-corrected chi connectivity index (χ2v) is 4.02. The van der Waals surface area contributed by atoms with Crippen molar-refractivity contribution >= 4 is 6.20 Å². The quantitative estimate of drug-likeness (QED) is 0.663. The number of nitrogens with zero attached hydrogens (tertiary/aromatic N) is 4. The molecule has 1 aromatic heterocycles. The topological polar surface area (TPSA) is 30.7 Å². The van der Waals surface area contributed by atoms with Crippen LogP contribution in [0.2, 0.25) is 0 Å². The van der Waals surface area contributed by atoms with Crippen molar-refractivity contribution in [2.24, 2.45) is 0 Å². The van der Waals surface area contributed by atoms with Crippen LogP contribution in [-0.4, -0.2) is 32.3 Å². The highest BCUT2D eigenvalue weighted by Gasteiger charge is 2.29. The van der Waals surface area contributed by atoms with Gasteiger partial charge in [0.1, 0.15) is 19.1 Å². The summed E-state index contributed by atoms with van der Waals surface area (Å²) >= 11 is 0. The summed E-state index contributed by atoms with van der Waals surface area (Å²) in [6.45, 7) is 9.36. The molecule has 2 heterocycles. The van der Waals surface area contributed by atoms with Crippen molar-refractivity contribution in [3.63, 3.8) is 0 Å². The molecule has 1 aliphatic heterocycles. The first-order valence-electron chi connectivity index (χ1n) is 5.54. The molecule has 0 aliphatic carbocycles. The summed E-state index contributed by atoms with van der Waals surface area (Å²) < 4.78 is 2.74. The van der Waals surface area contributed by atoms with Gasteiger partial charge in [0.2, 0.25) is 0 Å². The third-order valence-corrected chi connectivity index (χ3v) is 2.86. The maximum absolute atomic E-state index is 4.22. The van der Waals surface area contributed by atoms with E-state index in [-0.39, 0.29) is 0 Å². The Labute approximate surface area is 91.8 Å². The van der Waals surface area contributed by atoms with E-state index in [0.29, 0.717) is 6.04 Å². The average Bonchev–Trinajstić information content (AvgIpc) is 2.67. The summed E-state index contributed by atoms with van der Waals surface area (Å²) in [7, 11) is 2.21. The predicted octanol–water partition coefficient (Wildman–Crippen LogP) is 2.10. The number of fused-ring (bicyclic) bond motifs is 1. The molecule has 0 N–H and O–H groups in total.